The minimum absolute atomic E-state index is 0.0983. The number of carbonyl (C=O) groups excluding carboxylic acids is 4. The van der Waals surface area contributed by atoms with E-state index in [4.69, 9.17) is 21.1 Å². The summed E-state index contributed by atoms with van der Waals surface area (Å²) in [5.74, 6) is 0.824. The molecule has 1 unspecified atom stereocenters. The predicted octanol–water partition coefficient (Wildman–Crippen LogP) is 4.62. The molecule has 0 radical (unpaired) electrons. The number of alkyl halides is 1. The van der Waals surface area contributed by atoms with Crippen molar-refractivity contribution in [1.29, 1.82) is 0 Å². The number of carbonyl (C=O) groups is 4. The highest BCUT2D eigenvalue weighted by atomic mass is 35.5. The lowest BCUT2D eigenvalue weighted by Gasteiger charge is -2.43. The van der Waals surface area contributed by atoms with Gasteiger partial charge in [0.25, 0.3) is 11.8 Å². The molecule has 4 amide bonds. The number of likely N-dealkylation sites (tertiary alicyclic amines) is 1. The van der Waals surface area contributed by atoms with Crippen molar-refractivity contribution >= 4 is 40.9 Å². The zero-order valence-electron chi connectivity index (χ0n) is 30.3. The van der Waals surface area contributed by atoms with Crippen LogP contribution in [-0.2, 0) is 15.0 Å². The average molecular weight is 743 g/mol. The van der Waals surface area contributed by atoms with Gasteiger partial charge in [-0.1, -0.05) is 44.2 Å². The molecule has 3 aromatic rings. The maximum atomic E-state index is 13.6. The number of nitrogens with zero attached hydrogens (tertiary/aromatic N) is 3. The number of anilines is 1. The number of rotatable bonds is 13. The van der Waals surface area contributed by atoms with E-state index >= 15 is 0 Å². The zero-order chi connectivity index (χ0) is 37.3. The monoisotopic (exact) mass is 742 g/mol. The van der Waals surface area contributed by atoms with E-state index in [1.807, 2.05) is 30.3 Å². The summed E-state index contributed by atoms with van der Waals surface area (Å²) in [5.41, 5.74) is 3.55. The van der Waals surface area contributed by atoms with Crippen LogP contribution in [0.1, 0.15) is 71.4 Å². The lowest BCUT2D eigenvalue weighted by atomic mass is 9.78. The summed E-state index contributed by atoms with van der Waals surface area (Å²) in [7, 11) is 0. The number of nitrogens with one attached hydrogen (secondary N) is 1. The number of ether oxygens (including phenoxy) is 2. The van der Waals surface area contributed by atoms with Crippen molar-refractivity contribution in [2.24, 2.45) is 11.8 Å². The van der Waals surface area contributed by atoms with Gasteiger partial charge >= 0.3 is 0 Å². The van der Waals surface area contributed by atoms with Gasteiger partial charge in [-0.25, -0.2) is 0 Å². The number of amides is 4. The quantitative estimate of drug-likeness (QED) is 0.191. The molecule has 280 valence electrons. The van der Waals surface area contributed by atoms with Gasteiger partial charge in [0.15, 0.2) is 0 Å². The molecule has 0 aliphatic carbocycles. The average Bonchev–Trinajstić information content (AvgIpc) is 3.40. The topological polar surface area (TPSA) is 129 Å². The Morgan fingerprint density at radius 2 is 1.49 bits per heavy atom. The van der Waals surface area contributed by atoms with E-state index in [2.05, 4.69) is 53.2 Å². The number of aliphatic hydroxyl groups is 1. The summed E-state index contributed by atoms with van der Waals surface area (Å²) in [5, 5.41) is 11.9. The van der Waals surface area contributed by atoms with E-state index in [9.17, 15) is 24.3 Å². The van der Waals surface area contributed by atoms with Gasteiger partial charge in [-0.15, -0.1) is 11.6 Å². The van der Waals surface area contributed by atoms with E-state index in [1.54, 1.807) is 12.1 Å². The highest BCUT2D eigenvalue weighted by Gasteiger charge is 2.46. The van der Waals surface area contributed by atoms with E-state index in [1.165, 1.54) is 5.56 Å². The molecule has 4 aliphatic heterocycles. The molecule has 4 heterocycles. The van der Waals surface area contributed by atoms with Crippen molar-refractivity contribution in [2.45, 2.75) is 57.1 Å². The van der Waals surface area contributed by atoms with E-state index < -0.39 is 29.9 Å². The Kier molecular flexibility index (Phi) is 10.8. The maximum Gasteiger partial charge on any atom is 0.264 e. The highest BCUT2D eigenvalue weighted by molar-refractivity contribution is 6.25. The summed E-state index contributed by atoms with van der Waals surface area (Å²) in [6, 6.07) is 20.7. The molecular weight excluding hydrogens is 696 g/mol. The van der Waals surface area contributed by atoms with Gasteiger partial charge < -0.3 is 24.4 Å². The van der Waals surface area contributed by atoms with Gasteiger partial charge in [0, 0.05) is 50.5 Å². The minimum atomic E-state index is -0.969. The van der Waals surface area contributed by atoms with Crippen LogP contribution in [0, 0.1) is 11.8 Å². The Labute approximate surface area is 315 Å². The molecule has 2 atom stereocenters. The van der Waals surface area contributed by atoms with Crippen molar-refractivity contribution in [3.63, 3.8) is 0 Å². The van der Waals surface area contributed by atoms with Crippen LogP contribution in [0.25, 0.3) is 0 Å². The number of imide groups is 2. The van der Waals surface area contributed by atoms with Crippen molar-refractivity contribution in [3.8, 4) is 11.5 Å². The number of fused-ring (bicyclic) bond motifs is 1. The first kappa shape index (κ1) is 36.9. The Balaban J connectivity index is 0.848. The molecule has 53 heavy (non-hydrogen) atoms. The first-order valence-corrected chi connectivity index (χ1v) is 19.1. The molecule has 3 aromatic carbocycles. The first-order chi connectivity index (χ1) is 25.5. The van der Waals surface area contributed by atoms with Crippen molar-refractivity contribution in [3.05, 3.63) is 89.0 Å². The molecule has 2 N–H and O–H groups in total. The molecular formula is C41H47ClN4O7. The van der Waals surface area contributed by atoms with Crippen molar-refractivity contribution < 1.29 is 33.8 Å². The van der Waals surface area contributed by atoms with Crippen LogP contribution in [0.2, 0.25) is 0 Å². The van der Waals surface area contributed by atoms with Gasteiger partial charge in [0.2, 0.25) is 11.8 Å². The number of hydrogen-bond acceptors (Lipinski definition) is 9. The van der Waals surface area contributed by atoms with E-state index in [0.717, 1.165) is 67.5 Å². The maximum absolute atomic E-state index is 13.6. The molecule has 11 nitrogen and oxygen atoms in total. The Morgan fingerprint density at radius 1 is 0.849 bits per heavy atom. The molecule has 7 rings (SSSR count). The minimum Gasteiger partial charge on any atom is -0.493 e. The largest absolute Gasteiger partial charge is 0.493 e. The predicted molar refractivity (Wildman–Crippen MR) is 201 cm³/mol. The number of hydrogen-bond donors (Lipinski definition) is 2. The molecule has 0 bridgehead atoms. The second-order valence-electron chi connectivity index (χ2n) is 15.3. The third kappa shape index (κ3) is 7.79. The molecule has 12 heteroatoms. The van der Waals surface area contributed by atoms with Crippen LogP contribution in [0.4, 0.5) is 5.69 Å². The Bertz CT molecular complexity index is 1840. The van der Waals surface area contributed by atoms with Crippen LogP contribution in [0.3, 0.4) is 0 Å². The van der Waals surface area contributed by atoms with E-state index in [0.29, 0.717) is 35.3 Å². The van der Waals surface area contributed by atoms with Crippen LogP contribution < -0.4 is 19.7 Å². The standard InChI is InChI=1S/C41H47ClN4O7/c1-41(2,29-8-12-32(13-9-29)53-25-30(47)20-42)28-6-10-31(11-7-28)52-24-27-22-44(23-27)21-26-16-18-45(19-17-26)34-5-3-4-33-37(34)40(51)46(39(33)50)35-14-15-36(48)43-38(35)49/h3-13,26-27,30,35,47H,14-25H2,1-2H3,(H,43,48,49)/t30-,35?/m1/s1. The number of piperidine rings is 2. The number of halogens is 1. The van der Waals surface area contributed by atoms with Crippen LogP contribution in [-0.4, -0.2) is 102 Å². The number of aliphatic hydroxyl groups excluding tert-OH is 1. The summed E-state index contributed by atoms with van der Waals surface area (Å²) in [6.45, 7) is 9.85. The van der Waals surface area contributed by atoms with Gasteiger partial charge in [0.05, 0.1) is 29.3 Å². The third-order valence-corrected chi connectivity index (χ3v) is 11.6. The van der Waals surface area contributed by atoms with Crippen molar-refractivity contribution in [2.75, 3.05) is 56.7 Å². The summed E-state index contributed by atoms with van der Waals surface area (Å²) < 4.78 is 11.8. The van der Waals surface area contributed by atoms with Crippen molar-refractivity contribution in [1.82, 2.24) is 15.1 Å². The fraction of sp³-hybridized carbons (Fsp3) is 0.463. The van der Waals surface area contributed by atoms with E-state index in [-0.39, 0.29) is 36.7 Å². The highest BCUT2D eigenvalue weighted by Crippen LogP contribution is 2.37. The summed E-state index contributed by atoms with van der Waals surface area (Å²) >= 11 is 5.66. The molecule has 4 aliphatic rings. The molecule has 3 fully saturated rings. The lowest BCUT2D eigenvalue weighted by Crippen LogP contribution is -2.54. The fourth-order valence-electron chi connectivity index (χ4n) is 7.97. The van der Waals surface area contributed by atoms with Crippen LogP contribution >= 0.6 is 11.6 Å². The van der Waals surface area contributed by atoms with Gasteiger partial charge in [-0.05, 0) is 72.7 Å². The van der Waals surface area contributed by atoms with Crippen LogP contribution in [0.5, 0.6) is 11.5 Å². The van der Waals surface area contributed by atoms with Gasteiger partial charge in [-0.2, -0.15) is 0 Å². The lowest BCUT2D eigenvalue weighted by molar-refractivity contribution is -0.136. The number of benzene rings is 3. The smallest absolute Gasteiger partial charge is 0.264 e. The second-order valence-corrected chi connectivity index (χ2v) is 15.6. The molecule has 0 spiro atoms. The SMILES string of the molecule is CC(C)(c1ccc(OCC2CN(CC3CCN(c4cccc5c4C(=O)N(C4CCC(=O)NC4=O)C5=O)CC3)C2)cc1)c1ccc(OC[C@H](O)CCl)cc1. The second kappa shape index (κ2) is 15.5. The zero-order valence-corrected chi connectivity index (χ0v) is 31.0. The third-order valence-electron chi connectivity index (χ3n) is 11.2. The normalized spacial score (nSPS) is 20.6. The van der Waals surface area contributed by atoms with Crippen LogP contribution in [0.15, 0.2) is 66.7 Å². The first-order valence-electron chi connectivity index (χ1n) is 18.5. The van der Waals surface area contributed by atoms with Gasteiger partial charge in [0.1, 0.15) is 30.3 Å². The molecule has 3 saturated heterocycles. The van der Waals surface area contributed by atoms with Gasteiger partial charge in [-0.3, -0.25) is 29.4 Å². The molecule has 0 aromatic heterocycles. The Morgan fingerprint density at radius 3 is 2.11 bits per heavy atom. The Hall–Kier alpha value is -4.45. The molecule has 0 saturated carbocycles. The fourth-order valence-corrected chi connectivity index (χ4v) is 8.06. The summed E-state index contributed by atoms with van der Waals surface area (Å²) in [6.07, 6.45) is 1.52. The summed E-state index contributed by atoms with van der Waals surface area (Å²) in [4.78, 5) is 56.7.